The third-order valence-corrected chi connectivity index (χ3v) is 4.45. The van der Waals surface area contributed by atoms with Gasteiger partial charge in [-0.25, -0.2) is 4.98 Å². The molecule has 1 aromatic carbocycles. The van der Waals surface area contributed by atoms with E-state index in [1.54, 1.807) is 30.7 Å². The van der Waals surface area contributed by atoms with Crippen molar-refractivity contribution in [1.82, 2.24) is 4.98 Å². The van der Waals surface area contributed by atoms with Gasteiger partial charge >= 0.3 is 5.97 Å². The number of ether oxygens (including phenoxy) is 2. The van der Waals surface area contributed by atoms with Crippen molar-refractivity contribution in [3.63, 3.8) is 0 Å². The van der Waals surface area contributed by atoms with Crippen LogP contribution in [-0.2, 0) is 16.0 Å². The summed E-state index contributed by atoms with van der Waals surface area (Å²) in [6.45, 7) is 2.12. The first-order chi connectivity index (χ1) is 11.5. The van der Waals surface area contributed by atoms with Gasteiger partial charge in [-0.05, 0) is 47.2 Å². The van der Waals surface area contributed by atoms with Crippen LogP contribution in [-0.4, -0.2) is 36.0 Å². The predicted octanol–water partition coefficient (Wildman–Crippen LogP) is 3.01. The Balaban J connectivity index is 1.98. The zero-order valence-corrected chi connectivity index (χ0v) is 16.1. The van der Waals surface area contributed by atoms with Crippen LogP contribution < -0.4 is 10.2 Å². The third-order valence-electron chi connectivity index (χ3n) is 2.83. The molecule has 0 radical (unpaired) electrons. The number of nitrogens with one attached hydrogen (secondary N) is 1. The van der Waals surface area contributed by atoms with E-state index in [9.17, 15) is 9.90 Å². The molecule has 7 nitrogen and oxygen atoms in total. The Morgan fingerprint density at radius 2 is 2.33 bits per heavy atom. The third kappa shape index (κ3) is 5.06. The molecule has 9 heteroatoms. The number of aromatic nitrogens is 1. The van der Waals surface area contributed by atoms with Crippen molar-refractivity contribution in [1.29, 1.82) is 0 Å². The lowest BCUT2D eigenvalue weighted by Gasteiger charge is -2.06. The minimum atomic E-state index is -0.302. The highest BCUT2D eigenvalue weighted by Crippen LogP contribution is 2.31. The summed E-state index contributed by atoms with van der Waals surface area (Å²) >= 11 is 3.37. The number of nitrogens with zero attached hydrogens (tertiary/aromatic N) is 2. The number of halogens is 1. The molecule has 1 heterocycles. The Labute approximate surface area is 156 Å². The van der Waals surface area contributed by atoms with Gasteiger partial charge in [0.1, 0.15) is 0 Å². The van der Waals surface area contributed by atoms with Crippen LogP contribution in [0.2, 0.25) is 0 Å². The summed E-state index contributed by atoms with van der Waals surface area (Å²) in [5, 5.41) is 16.3. The molecule has 0 saturated heterocycles. The number of benzene rings is 1. The van der Waals surface area contributed by atoms with E-state index in [2.05, 4.69) is 15.5 Å². The molecule has 0 atom stereocenters. The number of esters is 1. The lowest BCUT2D eigenvalue weighted by atomic mass is 10.2. The average molecular weight is 461 g/mol. The molecule has 0 bridgehead atoms. The predicted molar refractivity (Wildman–Crippen MR) is 101 cm³/mol. The van der Waals surface area contributed by atoms with Crippen molar-refractivity contribution in [2.45, 2.75) is 13.3 Å². The van der Waals surface area contributed by atoms with Crippen LogP contribution in [0.1, 0.15) is 18.2 Å². The molecule has 0 saturated carbocycles. The molecular formula is C15H16IN3O4S. The molecule has 2 rings (SSSR count). The molecule has 128 valence electrons. The minimum absolute atomic E-state index is 0.103. The zero-order valence-electron chi connectivity index (χ0n) is 13.1. The normalized spacial score (nSPS) is 10.8. The van der Waals surface area contributed by atoms with Gasteiger partial charge in [0.05, 0.1) is 35.6 Å². The van der Waals surface area contributed by atoms with E-state index < -0.39 is 0 Å². The number of rotatable bonds is 7. The highest BCUT2D eigenvalue weighted by Gasteiger charge is 2.09. The fourth-order valence-electron chi connectivity index (χ4n) is 1.79. The zero-order chi connectivity index (χ0) is 17.5. The van der Waals surface area contributed by atoms with Gasteiger partial charge in [0.25, 0.3) is 0 Å². The van der Waals surface area contributed by atoms with Gasteiger partial charge in [-0.1, -0.05) is 0 Å². The summed E-state index contributed by atoms with van der Waals surface area (Å²) in [4.78, 5) is 15.7. The second-order valence-corrected chi connectivity index (χ2v) is 6.57. The monoisotopic (exact) mass is 461 g/mol. The maximum atomic E-state index is 11.4. The van der Waals surface area contributed by atoms with Crippen molar-refractivity contribution in [2.75, 3.05) is 19.1 Å². The molecular weight excluding hydrogens is 445 g/mol. The van der Waals surface area contributed by atoms with Crippen LogP contribution >= 0.6 is 33.9 Å². The van der Waals surface area contributed by atoms with Gasteiger partial charge in [0.2, 0.25) is 5.13 Å². The Morgan fingerprint density at radius 3 is 3.04 bits per heavy atom. The number of hydrogen-bond donors (Lipinski definition) is 2. The second kappa shape index (κ2) is 8.83. The fraction of sp³-hybridized carbons (Fsp3) is 0.267. The summed E-state index contributed by atoms with van der Waals surface area (Å²) in [7, 11) is 1.49. The van der Waals surface area contributed by atoms with Crippen LogP contribution in [0.4, 0.5) is 5.13 Å². The highest BCUT2D eigenvalue weighted by molar-refractivity contribution is 14.1. The first-order valence-corrected chi connectivity index (χ1v) is 8.95. The summed E-state index contributed by atoms with van der Waals surface area (Å²) in [5.41, 5.74) is 4.21. The van der Waals surface area contributed by atoms with E-state index in [0.29, 0.717) is 26.8 Å². The average Bonchev–Trinajstić information content (AvgIpc) is 2.98. The van der Waals surface area contributed by atoms with Gasteiger partial charge in [0, 0.05) is 5.38 Å². The Hall–Kier alpha value is -1.88. The molecule has 0 aliphatic carbocycles. The van der Waals surface area contributed by atoms with Gasteiger partial charge in [-0.3, -0.25) is 10.2 Å². The van der Waals surface area contributed by atoms with E-state index in [4.69, 9.17) is 9.47 Å². The van der Waals surface area contributed by atoms with Crippen molar-refractivity contribution < 1.29 is 19.4 Å². The van der Waals surface area contributed by atoms with Gasteiger partial charge in [-0.2, -0.15) is 5.10 Å². The highest BCUT2D eigenvalue weighted by atomic mass is 127. The summed E-state index contributed by atoms with van der Waals surface area (Å²) in [6, 6.07) is 3.45. The van der Waals surface area contributed by atoms with Gasteiger partial charge < -0.3 is 14.6 Å². The van der Waals surface area contributed by atoms with E-state index in [0.717, 1.165) is 5.56 Å². The number of phenolic OH excluding ortho intramolecular Hbond substituents is 1. The van der Waals surface area contributed by atoms with Crippen molar-refractivity contribution in [3.8, 4) is 11.5 Å². The molecule has 0 aliphatic rings. The molecule has 0 aliphatic heterocycles. The van der Waals surface area contributed by atoms with Crippen LogP contribution in [0.25, 0.3) is 0 Å². The Morgan fingerprint density at radius 1 is 1.54 bits per heavy atom. The Bertz CT molecular complexity index is 748. The maximum absolute atomic E-state index is 11.4. The van der Waals surface area contributed by atoms with E-state index in [1.165, 1.54) is 18.4 Å². The van der Waals surface area contributed by atoms with E-state index in [-0.39, 0.29) is 18.1 Å². The lowest BCUT2D eigenvalue weighted by Crippen LogP contribution is -2.07. The van der Waals surface area contributed by atoms with Gasteiger partial charge in [0.15, 0.2) is 11.5 Å². The van der Waals surface area contributed by atoms with Crippen LogP contribution in [0.5, 0.6) is 11.5 Å². The standard InChI is InChI=1S/C15H16IN3O4S/c1-3-23-13(20)6-10-8-24-15(18-10)19-17-7-9-4-11(16)14(21)12(5-9)22-2/h4-5,7-8,21H,3,6H2,1-2H3,(H,18,19). The molecule has 2 N–H and O–H groups in total. The SMILES string of the molecule is CCOC(=O)Cc1csc(NN=Cc2cc(I)c(O)c(OC)c2)n1. The quantitative estimate of drug-likeness (QED) is 0.285. The van der Waals surface area contributed by atoms with Crippen LogP contribution in [0.3, 0.4) is 0 Å². The number of carbonyl (C=O) groups excluding carboxylic acids is 1. The number of anilines is 1. The second-order valence-electron chi connectivity index (χ2n) is 4.55. The lowest BCUT2D eigenvalue weighted by molar-refractivity contribution is -0.142. The van der Waals surface area contributed by atoms with E-state index >= 15 is 0 Å². The van der Waals surface area contributed by atoms with Crippen molar-refractivity contribution in [3.05, 3.63) is 32.3 Å². The number of thiazole rings is 1. The number of carbonyl (C=O) groups is 1. The number of hydrazone groups is 1. The molecule has 24 heavy (non-hydrogen) atoms. The molecule has 1 aromatic heterocycles. The molecule has 0 amide bonds. The number of phenols is 1. The molecule has 0 spiro atoms. The van der Waals surface area contributed by atoms with Crippen molar-refractivity contribution in [2.24, 2.45) is 5.10 Å². The molecule has 0 unspecified atom stereocenters. The van der Waals surface area contributed by atoms with E-state index in [1.807, 2.05) is 22.6 Å². The fourth-order valence-corrected chi connectivity index (χ4v) is 3.07. The summed E-state index contributed by atoms with van der Waals surface area (Å²) < 4.78 is 10.6. The van der Waals surface area contributed by atoms with Crippen molar-refractivity contribution >= 4 is 51.2 Å². The topological polar surface area (TPSA) is 93.0 Å². The Kier molecular flexibility index (Phi) is 6.79. The first kappa shape index (κ1) is 18.5. The number of hydrogen-bond acceptors (Lipinski definition) is 8. The number of methoxy groups -OCH3 is 1. The number of aromatic hydroxyl groups is 1. The van der Waals surface area contributed by atoms with Gasteiger partial charge in [-0.15, -0.1) is 11.3 Å². The smallest absolute Gasteiger partial charge is 0.311 e. The summed E-state index contributed by atoms with van der Waals surface area (Å²) in [6.07, 6.45) is 1.74. The molecule has 2 aromatic rings. The minimum Gasteiger partial charge on any atom is -0.504 e. The largest absolute Gasteiger partial charge is 0.504 e. The summed E-state index contributed by atoms with van der Waals surface area (Å²) in [5.74, 6) is 0.185. The van der Waals surface area contributed by atoms with Crippen LogP contribution in [0.15, 0.2) is 22.6 Å². The maximum Gasteiger partial charge on any atom is 0.311 e. The van der Waals surface area contributed by atoms with Crippen LogP contribution in [0, 0.1) is 3.57 Å². The molecule has 0 fully saturated rings. The first-order valence-electron chi connectivity index (χ1n) is 6.99.